The molecule has 1 aromatic carbocycles. The maximum absolute atomic E-state index is 12.0. The molecule has 0 spiro atoms. The van der Waals surface area contributed by atoms with E-state index in [-0.39, 0.29) is 12.3 Å². The number of nitrogens with two attached hydrogens (primary N) is 1. The Bertz CT molecular complexity index is 663. The van der Waals surface area contributed by atoms with Gasteiger partial charge in [-0.1, -0.05) is 26.0 Å². The second-order valence-corrected chi connectivity index (χ2v) is 4.36. The van der Waals surface area contributed by atoms with E-state index in [1.165, 1.54) is 6.20 Å². The predicted molar refractivity (Wildman–Crippen MR) is 99.7 cm³/mol. The van der Waals surface area contributed by atoms with Crippen LogP contribution in [0.2, 0.25) is 0 Å². The minimum Gasteiger partial charge on any atom is -0.462 e. The van der Waals surface area contributed by atoms with Crippen LogP contribution in [0.5, 0.6) is 0 Å². The highest BCUT2D eigenvalue weighted by atomic mass is 16.5. The number of carbonyl (C=O) groups is 2. The van der Waals surface area contributed by atoms with Gasteiger partial charge in [0, 0.05) is 31.6 Å². The topological polar surface area (TPSA) is 117 Å². The van der Waals surface area contributed by atoms with Crippen molar-refractivity contribution in [2.24, 2.45) is 5.73 Å². The second-order valence-electron chi connectivity index (χ2n) is 4.36. The van der Waals surface area contributed by atoms with Crippen molar-refractivity contribution in [1.29, 1.82) is 0 Å². The monoisotopic (exact) mass is 349 g/mol. The van der Waals surface area contributed by atoms with E-state index < -0.39 is 11.9 Å². The zero-order valence-electron chi connectivity index (χ0n) is 15.3. The number of aliphatic hydroxyl groups excluding tert-OH is 1. The number of rotatable bonds is 5. The molecule has 7 nitrogen and oxygen atoms in total. The van der Waals surface area contributed by atoms with Crippen molar-refractivity contribution in [2.75, 3.05) is 26.1 Å². The highest BCUT2D eigenvalue weighted by Gasteiger charge is 2.22. The number of ether oxygens (including phenoxy) is 1. The fraction of sp³-hybridized carbons (Fsp3) is 0.333. The Kier molecular flexibility index (Phi) is 10.4. The third-order valence-electron chi connectivity index (χ3n) is 3.08. The fourth-order valence-electron chi connectivity index (χ4n) is 2.09. The first kappa shape index (κ1) is 22.2. The van der Waals surface area contributed by atoms with Crippen molar-refractivity contribution >= 4 is 17.6 Å². The van der Waals surface area contributed by atoms with E-state index in [1.54, 1.807) is 6.92 Å². The van der Waals surface area contributed by atoms with Crippen LogP contribution in [0.4, 0.5) is 5.69 Å². The first-order valence-corrected chi connectivity index (χ1v) is 7.99. The Morgan fingerprint density at radius 1 is 1.20 bits per heavy atom. The lowest BCUT2D eigenvalue weighted by Gasteiger charge is -2.07. The number of H-pyrrole nitrogens is 1. The molecule has 0 bridgehead atoms. The molecule has 0 aliphatic carbocycles. The van der Waals surface area contributed by atoms with Crippen LogP contribution < -0.4 is 11.1 Å². The zero-order valence-corrected chi connectivity index (χ0v) is 15.3. The number of aromatic nitrogens is 1. The summed E-state index contributed by atoms with van der Waals surface area (Å²) >= 11 is 0. The maximum atomic E-state index is 12.0. The zero-order chi connectivity index (χ0) is 19.4. The van der Waals surface area contributed by atoms with Crippen LogP contribution in [0.15, 0.2) is 30.5 Å². The third kappa shape index (κ3) is 5.65. The van der Waals surface area contributed by atoms with E-state index in [4.69, 9.17) is 15.6 Å². The first-order valence-electron chi connectivity index (χ1n) is 7.99. The molecule has 0 fully saturated rings. The van der Waals surface area contributed by atoms with E-state index in [0.717, 1.165) is 12.8 Å². The van der Waals surface area contributed by atoms with E-state index in [1.807, 2.05) is 45.2 Å². The number of nitrogens with one attached hydrogen (secondary N) is 2. The Hall–Kier alpha value is -2.80. The Labute approximate surface area is 148 Å². The summed E-state index contributed by atoms with van der Waals surface area (Å²) in [5.41, 5.74) is 7.95. The van der Waals surface area contributed by atoms with Gasteiger partial charge in [0.25, 0.3) is 5.91 Å². The lowest BCUT2D eigenvalue weighted by Crippen LogP contribution is -2.13. The number of primary amides is 1. The number of hydrogen-bond donors (Lipinski definition) is 4. The third-order valence-corrected chi connectivity index (χ3v) is 3.08. The second kappa shape index (κ2) is 11.7. The minimum absolute atomic E-state index is 0.190. The fourth-order valence-corrected chi connectivity index (χ4v) is 2.09. The Morgan fingerprint density at radius 3 is 2.20 bits per heavy atom. The molecule has 0 radical (unpaired) electrons. The number of aliphatic hydroxyl groups is 1. The molecule has 7 heteroatoms. The molecule has 1 heterocycles. The molecule has 5 N–H and O–H groups in total. The van der Waals surface area contributed by atoms with Crippen LogP contribution in [-0.2, 0) is 4.74 Å². The molecule has 1 aromatic heterocycles. The molecule has 0 aliphatic heterocycles. The molecular weight excluding hydrogens is 322 g/mol. The van der Waals surface area contributed by atoms with Crippen LogP contribution in [-0.4, -0.2) is 42.7 Å². The normalized spacial score (nSPS) is 9.04. The summed E-state index contributed by atoms with van der Waals surface area (Å²) in [5, 5.41) is 10.0. The van der Waals surface area contributed by atoms with Gasteiger partial charge in [0.2, 0.25) is 0 Å². The summed E-state index contributed by atoms with van der Waals surface area (Å²) in [6.45, 7) is 5.98. The molecule has 138 valence electrons. The highest BCUT2D eigenvalue weighted by Crippen LogP contribution is 2.29. The molecule has 0 unspecified atom stereocenters. The van der Waals surface area contributed by atoms with Crippen molar-refractivity contribution in [3.8, 4) is 11.1 Å². The number of esters is 1. The summed E-state index contributed by atoms with van der Waals surface area (Å²) in [4.78, 5) is 26.3. The van der Waals surface area contributed by atoms with E-state index in [0.29, 0.717) is 16.7 Å². The van der Waals surface area contributed by atoms with Crippen LogP contribution in [0.1, 0.15) is 41.6 Å². The van der Waals surface area contributed by atoms with Crippen molar-refractivity contribution in [3.05, 3.63) is 41.7 Å². The number of amides is 1. The van der Waals surface area contributed by atoms with Gasteiger partial charge in [-0.05, 0) is 24.6 Å². The number of benzene rings is 1. The SMILES string of the molecule is CC.CCOC(=O)c1c[nH]c(C(N)=O)c1-c1ccc(NC)cc1.CO. The summed E-state index contributed by atoms with van der Waals surface area (Å²) in [5.74, 6) is -1.12. The first-order chi connectivity index (χ1) is 12.1. The van der Waals surface area contributed by atoms with Gasteiger partial charge in [-0.25, -0.2) is 4.79 Å². The summed E-state index contributed by atoms with van der Waals surface area (Å²) in [7, 11) is 2.81. The van der Waals surface area contributed by atoms with E-state index in [2.05, 4.69) is 10.3 Å². The smallest absolute Gasteiger partial charge is 0.340 e. The molecule has 0 atom stereocenters. The molecule has 0 aliphatic rings. The number of aromatic amines is 1. The molecule has 2 aromatic rings. The minimum atomic E-state index is -0.627. The molecule has 0 saturated carbocycles. The van der Waals surface area contributed by atoms with E-state index in [9.17, 15) is 9.59 Å². The standard InChI is InChI=1S/C15H17N3O3.C2H6.CH4O/c1-3-21-15(20)11-8-18-13(14(16)19)12(11)9-4-6-10(17-2)7-5-9;2*1-2/h4-8,17-18H,3H2,1-2H3,(H2,16,19);1-2H3;2H,1H3. The van der Waals surface area contributed by atoms with Gasteiger partial charge >= 0.3 is 5.97 Å². The van der Waals surface area contributed by atoms with Crippen LogP contribution in [0.3, 0.4) is 0 Å². The largest absolute Gasteiger partial charge is 0.462 e. The van der Waals surface area contributed by atoms with Gasteiger partial charge in [-0.15, -0.1) is 0 Å². The van der Waals surface area contributed by atoms with Crippen molar-refractivity contribution in [3.63, 3.8) is 0 Å². The van der Waals surface area contributed by atoms with Gasteiger partial charge in [0.05, 0.1) is 12.2 Å². The van der Waals surface area contributed by atoms with Crippen LogP contribution in [0, 0.1) is 0 Å². The van der Waals surface area contributed by atoms with Crippen molar-refractivity contribution in [2.45, 2.75) is 20.8 Å². The summed E-state index contributed by atoms with van der Waals surface area (Å²) < 4.78 is 5.00. The van der Waals surface area contributed by atoms with Gasteiger partial charge in [-0.3, -0.25) is 4.79 Å². The Balaban J connectivity index is 0.00000134. The van der Waals surface area contributed by atoms with Crippen molar-refractivity contribution < 1.29 is 19.4 Å². The summed E-state index contributed by atoms with van der Waals surface area (Å²) in [6, 6.07) is 7.32. The average Bonchev–Trinajstić information content (AvgIpc) is 3.11. The number of hydrogen-bond acceptors (Lipinski definition) is 5. The molecule has 25 heavy (non-hydrogen) atoms. The van der Waals surface area contributed by atoms with Crippen LogP contribution >= 0.6 is 0 Å². The lowest BCUT2D eigenvalue weighted by molar-refractivity contribution is 0.0527. The Morgan fingerprint density at radius 2 is 1.76 bits per heavy atom. The van der Waals surface area contributed by atoms with E-state index >= 15 is 0 Å². The van der Waals surface area contributed by atoms with Crippen LogP contribution in [0.25, 0.3) is 11.1 Å². The number of anilines is 1. The van der Waals surface area contributed by atoms with Gasteiger partial charge in [-0.2, -0.15) is 0 Å². The molecule has 0 saturated heterocycles. The van der Waals surface area contributed by atoms with Crippen molar-refractivity contribution in [1.82, 2.24) is 4.98 Å². The highest BCUT2D eigenvalue weighted by molar-refractivity contribution is 6.06. The quantitative estimate of drug-likeness (QED) is 0.619. The average molecular weight is 349 g/mol. The van der Waals surface area contributed by atoms with Gasteiger partial charge < -0.3 is 25.9 Å². The molecule has 2 rings (SSSR count). The summed E-state index contributed by atoms with van der Waals surface area (Å²) in [6.07, 6.45) is 1.44. The molecule has 1 amide bonds. The molecular formula is C18H27N3O4. The van der Waals surface area contributed by atoms with Gasteiger partial charge in [0.1, 0.15) is 5.69 Å². The maximum Gasteiger partial charge on any atom is 0.340 e. The van der Waals surface area contributed by atoms with Gasteiger partial charge in [0.15, 0.2) is 0 Å². The lowest BCUT2D eigenvalue weighted by atomic mass is 10.0. The predicted octanol–water partition coefficient (Wildman–Crippen LogP) is 2.63. The number of carbonyl (C=O) groups excluding carboxylic acids is 2.